The fourth-order valence-corrected chi connectivity index (χ4v) is 4.67. The molecule has 1 aliphatic heterocycles. The molecule has 0 bridgehead atoms. The predicted molar refractivity (Wildman–Crippen MR) is 111 cm³/mol. The van der Waals surface area contributed by atoms with E-state index in [4.69, 9.17) is 0 Å². The van der Waals surface area contributed by atoms with Crippen molar-refractivity contribution in [3.8, 4) is 11.3 Å². The molecule has 0 aliphatic carbocycles. The van der Waals surface area contributed by atoms with Crippen molar-refractivity contribution in [2.75, 3.05) is 6.54 Å². The molecule has 9 heteroatoms. The van der Waals surface area contributed by atoms with Crippen LogP contribution >= 0.6 is 0 Å². The van der Waals surface area contributed by atoms with Crippen LogP contribution in [0.15, 0.2) is 36.4 Å². The van der Waals surface area contributed by atoms with Crippen molar-refractivity contribution in [2.45, 2.75) is 19.4 Å². The van der Waals surface area contributed by atoms with Gasteiger partial charge in [-0.15, -0.1) is 4.68 Å². The van der Waals surface area contributed by atoms with E-state index in [0.717, 1.165) is 28.6 Å². The van der Waals surface area contributed by atoms with Crippen LogP contribution in [0.2, 0.25) is 0 Å². The number of rotatable bonds is 2. The second kappa shape index (κ2) is 7.22. The first-order valence-electron chi connectivity index (χ1n) is 10.3. The lowest BCUT2D eigenvalue weighted by atomic mass is 9.95. The molecular weight excluding hydrogens is 419 g/mol. The summed E-state index contributed by atoms with van der Waals surface area (Å²) in [7, 11) is 3.47. The molecule has 1 atom stereocenters. The average Bonchev–Trinajstić information content (AvgIpc) is 3.27. The number of aromatic amines is 1. The monoisotopic (exact) mass is 440 g/mol. The summed E-state index contributed by atoms with van der Waals surface area (Å²) in [5.74, 6) is -4.12. The van der Waals surface area contributed by atoms with Crippen LogP contribution in [0.5, 0.6) is 0 Å². The Morgan fingerprint density at radius 3 is 2.59 bits per heavy atom. The minimum Gasteiger partial charge on any atom is -0.325 e. The van der Waals surface area contributed by atoms with E-state index in [9.17, 15) is 18.0 Å². The highest BCUT2D eigenvalue weighted by Gasteiger charge is 2.37. The van der Waals surface area contributed by atoms with Crippen molar-refractivity contribution in [1.29, 1.82) is 0 Å². The SMILES string of the molecule is C[C@H]1c2nn(C)c(-c3cc(F)c(F)c(F)c3)c2CCN1C(=O)c1c2ccccc2[nH][n+]1C. The molecule has 164 valence electrons. The Morgan fingerprint density at radius 1 is 1.19 bits per heavy atom. The van der Waals surface area contributed by atoms with E-state index >= 15 is 0 Å². The summed E-state index contributed by atoms with van der Waals surface area (Å²) in [5, 5.41) is 8.57. The van der Waals surface area contributed by atoms with Gasteiger partial charge in [-0.2, -0.15) is 10.2 Å². The fourth-order valence-electron chi connectivity index (χ4n) is 4.67. The van der Waals surface area contributed by atoms with Gasteiger partial charge >= 0.3 is 11.6 Å². The molecule has 0 saturated carbocycles. The maximum absolute atomic E-state index is 13.9. The van der Waals surface area contributed by atoms with E-state index < -0.39 is 17.5 Å². The first-order chi connectivity index (χ1) is 15.3. The lowest BCUT2D eigenvalue weighted by Crippen LogP contribution is -2.45. The number of hydrogen-bond acceptors (Lipinski definition) is 2. The molecule has 1 aliphatic rings. The number of halogens is 3. The van der Waals surface area contributed by atoms with Gasteiger partial charge in [-0.05, 0) is 37.6 Å². The quantitative estimate of drug-likeness (QED) is 0.383. The topological polar surface area (TPSA) is 57.8 Å². The van der Waals surface area contributed by atoms with Gasteiger partial charge in [-0.3, -0.25) is 9.48 Å². The van der Waals surface area contributed by atoms with Crippen molar-refractivity contribution < 1.29 is 22.6 Å². The van der Waals surface area contributed by atoms with Crippen molar-refractivity contribution in [3.63, 3.8) is 0 Å². The highest BCUT2D eigenvalue weighted by molar-refractivity contribution is 6.03. The van der Waals surface area contributed by atoms with Crippen LogP contribution in [0.25, 0.3) is 22.2 Å². The third-order valence-corrected chi connectivity index (χ3v) is 6.17. The fraction of sp³-hybridized carbons (Fsp3) is 0.261. The number of aromatic nitrogens is 4. The minimum absolute atomic E-state index is 0.130. The molecule has 2 aromatic heterocycles. The number of carbonyl (C=O) groups excluding carboxylic acids is 1. The highest BCUT2D eigenvalue weighted by atomic mass is 19.2. The van der Waals surface area contributed by atoms with E-state index in [1.807, 2.05) is 31.2 Å². The Bertz CT molecular complexity index is 1370. The summed E-state index contributed by atoms with van der Waals surface area (Å²) in [6, 6.07) is 9.20. The molecule has 0 fully saturated rings. The summed E-state index contributed by atoms with van der Waals surface area (Å²) < 4.78 is 44.4. The Hall–Kier alpha value is -3.62. The summed E-state index contributed by atoms with van der Waals surface area (Å²) >= 11 is 0. The Morgan fingerprint density at radius 2 is 1.88 bits per heavy atom. The first kappa shape index (κ1) is 20.3. The number of nitrogens with zero attached hydrogens (tertiary/aromatic N) is 4. The number of fused-ring (bicyclic) bond motifs is 2. The number of carbonyl (C=O) groups is 1. The van der Waals surface area contributed by atoms with Gasteiger partial charge in [-0.25, -0.2) is 13.2 Å². The zero-order valence-corrected chi connectivity index (χ0v) is 17.8. The van der Waals surface area contributed by atoms with E-state index in [1.54, 1.807) is 23.7 Å². The smallest absolute Gasteiger partial charge is 0.322 e. The largest absolute Gasteiger partial charge is 0.325 e. The van der Waals surface area contributed by atoms with Crippen LogP contribution in [0, 0.1) is 17.5 Å². The third-order valence-electron chi connectivity index (χ3n) is 6.17. The van der Waals surface area contributed by atoms with E-state index in [2.05, 4.69) is 10.2 Å². The van der Waals surface area contributed by atoms with Gasteiger partial charge in [-0.1, -0.05) is 12.1 Å². The molecule has 5 rings (SSSR count). The van der Waals surface area contributed by atoms with Crippen molar-refractivity contribution in [3.05, 3.63) is 70.8 Å². The number of aryl methyl sites for hydroxylation is 2. The zero-order valence-electron chi connectivity index (χ0n) is 17.8. The standard InChI is InChI=1S/C23H20F3N5O/c1-12-20-15(21(29(2)28-20)13-10-16(24)19(26)17(25)11-13)8-9-31(12)23(32)22-14-6-4-5-7-18(14)27-30(22)3/h4-7,10-12H,8-9H2,1-3H3/p+1/t12-/m0/s1. The van der Waals surface area contributed by atoms with Crippen LogP contribution < -0.4 is 4.68 Å². The van der Waals surface area contributed by atoms with Gasteiger partial charge < -0.3 is 4.90 Å². The van der Waals surface area contributed by atoms with Crippen LogP contribution in [0.4, 0.5) is 13.2 Å². The van der Waals surface area contributed by atoms with Crippen LogP contribution in [-0.4, -0.2) is 32.2 Å². The number of H-pyrrole nitrogens is 1. The van der Waals surface area contributed by atoms with Crippen molar-refractivity contribution >= 4 is 16.8 Å². The second-order valence-corrected chi connectivity index (χ2v) is 8.08. The van der Waals surface area contributed by atoms with Crippen LogP contribution in [-0.2, 0) is 20.5 Å². The van der Waals surface area contributed by atoms with Gasteiger partial charge in [0, 0.05) is 24.7 Å². The molecule has 4 aromatic rings. The molecule has 6 nitrogen and oxygen atoms in total. The molecular formula is C23H21F3N5O+. The second-order valence-electron chi connectivity index (χ2n) is 8.08. The third kappa shape index (κ3) is 2.91. The van der Waals surface area contributed by atoms with E-state index in [1.165, 1.54) is 4.68 Å². The van der Waals surface area contributed by atoms with Crippen molar-refractivity contribution in [2.24, 2.45) is 14.1 Å². The summed E-state index contributed by atoms with van der Waals surface area (Å²) in [6.07, 6.45) is 0.460. The summed E-state index contributed by atoms with van der Waals surface area (Å²) in [4.78, 5) is 15.3. The maximum atomic E-state index is 13.9. The first-order valence-corrected chi connectivity index (χ1v) is 10.3. The number of para-hydroxylation sites is 1. The molecule has 1 N–H and O–H groups in total. The predicted octanol–water partition coefficient (Wildman–Crippen LogP) is 3.57. The molecule has 0 radical (unpaired) electrons. The molecule has 3 heterocycles. The summed E-state index contributed by atoms with van der Waals surface area (Å²) in [5.41, 5.74) is 3.62. The number of amides is 1. The van der Waals surface area contributed by atoms with Crippen LogP contribution in [0.3, 0.4) is 0 Å². The van der Waals surface area contributed by atoms with Gasteiger partial charge in [0.05, 0.1) is 22.8 Å². The Labute approximate surface area is 181 Å². The summed E-state index contributed by atoms with van der Waals surface area (Å²) in [6.45, 7) is 2.30. The normalized spacial score (nSPS) is 15.9. The van der Waals surface area contributed by atoms with Gasteiger partial charge in [0.1, 0.15) is 5.52 Å². The van der Waals surface area contributed by atoms with Gasteiger partial charge in [0.25, 0.3) is 0 Å². The molecule has 0 unspecified atom stereocenters. The highest BCUT2D eigenvalue weighted by Crippen LogP contribution is 2.37. The van der Waals surface area contributed by atoms with E-state index in [0.29, 0.717) is 30.0 Å². The van der Waals surface area contributed by atoms with E-state index in [-0.39, 0.29) is 17.5 Å². The lowest BCUT2D eigenvalue weighted by molar-refractivity contribution is -0.726. The van der Waals surface area contributed by atoms with Gasteiger partial charge in [0.15, 0.2) is 24.5 Å². The lowest BCUT2D eigenvalue weighted by Gasteiger charge is -2.31. The zero-order chi connectivity index (χ0) is 22.7. The van der Waals surface area contributed by atoms with Crippen molar-refractivity contribution in [1.82, 2.24) is 19.8 Å². The van der Waals surface area contributed by atoms with Crippen LogP contribution in [0.1, 0.15) is 34.7 Å². The molecule has 32 heavy (non-hydrogen) atoms. The maximum Gasteiger partial charge on any atom is 0.322 e. The number of benzene rings is 2. The minimum atomic E-state index is -1.50. The molecule has 0 spiro atoms. The molecule has 0 saturated heterocycles. The number of hydrogen-bond donors (Lipinski definition) is 1. The number of nitrogens with one attached hydrogen (secondary N) is 1. The Balaban J connectivity index is 1.55. The molecule has 1 amide bonds. The molecule has 2 aromatic carbocycles. The van der Waals surface area contributed by atoms with Gasteiger partial charge in [0.2, 0.25) is 0 Å². The average molecular weight is 440 g/mol. The Kier molecular flexibility index (Phi) is 4.58.